The van der Waals surface area contributed by atoms with Crippen LogP contribution in [0.1, 0.15) is 24.7 Å². The molecule has 3 aromatic heterocycles. The predicted molar refractivity (Wildman–Crippen MR) is 101 cm³/mol. The van der Waals surface area contributed by atoms with Crippen LogP contribution in [-0.2, 0) is 0 Å². The van der Waals surface area contributed by atoms with E-state index in [9.17, 15) is 4.39 Å². The lowest BCUT2D eigenvalue weighted by molar-refractivity contribution is 0.370. The SMILES string of the molecule is Cc1nc2c(F)cc(-c3c[nH]c4ncccc34)cc2n1C1CCNCC1. The molecule has 1 fully saturated rings. The Labute approximate surface area is 150 Å². The van der Waals surface area contributed by atoms with Gasteiger partial charge in [-0.15, -0.1) is 0 Å². The van der Waals surface area contributed by atoms with E-state index in [1.807, 2.05) is 25.3 Å². The zero-order chi connectivity index (χ0) is 17.7. The van der Waals surface area contributed by atoms with Crippen LogP contribution in [0.2, 0.25) is 0 Å². The number of fused-ring (bicyclic) bond motifs is 2. The molecule has 26 heavy (non-hydrogen) atoms. The monoisotopic (exact) mass is 349 g/mol. The van der Waals surface area contributed by atoms with Crippen molar-refractivity contribution < 1.29 is 4.39 Å². The topological polar surface area (TPSA) is 58.5 Å². The van der Waals surface area contributed by atoms with Crippen molar-refractivity contribution in [1.29, 1.82) is 0 Å². The second kappa shape index (κ2) is 5.92. The van der Waals surface area contributed by atoms with Crippen LogP contribution in [0.5, 0.6) is 0 Å². The largest absolute Gasteiger partial charge is 0.346 e. The molecule has 0 spiro atoms. The van der Waals surface area contributed by atoms with E-state index >= 15 is 0 Å². The summed E-state index contributed by atoms with van der Waals surface area (Å²) in [6.07, 6.45) is 5.72. The first-order valence-electron chi connectivity index (χ1n) is 9.03. The fourth-order valence-corrected chi connectivity index (χ4v) is 4.14. The molecule has 5 rings (SSSR count). The van der Waals surface area contributed by atoms with Gasteiger partial charge in [-0.2, -0.15) is 0 Å². The summed E-state index contributed by atoms with van der Waals surface area (Å²) in [7, 11) is 0. The van der Waals surface area contributed by atoms with Crippen LogP contribution in [0.25, 0.3) is 33.2 Å². The van der Waals surface area contributed by atoms with Gasteiger partial charge in [-0.1, -0.05) is 0 Å². The van der Waals surface area contributed by atoms with Crippen LogP contribution in [0, 0.1) is 12.7 Å². The lowest BCUT2D eigenvalue weighted by atomic mass is 10.0. The number of nitrogens with one attached hydrogen (secondary N) is 2. The number of halogens is 1. The van der Waals surface area contributed by atoms with E-state index in [4.69, 9.17) is 0 Å². The lowest BCUT2D eigenvalue weighted by Crippen LogP contribution is -2.29. The highest BCUT2D eigenvalue weighted by Crippen LogP contribution is 2.34. The van der Waals surface area contributed by atoms with Crippen LogP contribution in [0.4, 0.5) is 4.39 Å². The van der Waals surface area contributed by atoms with Gasteiger partial charge in [0, 0.05) is 29.4 Å². The third kappa shape index (κ3) is 2.33. The Morgan fingerprint density at radius 1 is 1.23 bits per heavy atom. The van der Waals surface area contributed by atoms with Crippen molar-refractivity contribution in [3.8, 4) is 11.1 Å². The van der Waals surface area contributed by atoms with Crippen LogP contribution in [0.15, 0.2) is 36.7 Å². The van der Waals surface area contributed by atoms with Gasteiger partial charge in [-0.25, -0.2) is 14.4 Å². The number of benzene rings is 1. The summed E-state index contributed by atoms with van der Waals surface area (Å²) in [5, 5.41) is 4.39. The number of hydrogen-bond acceptors (Lipinski definition) is 3. The molecule has 132 valence electrons. The number of pyridine rings is 1. The molecule has 4 heterocycles. The molecule has 0 amide bonds. The zero-order valence-electron chi connectivity index (χ0n) is 14.6. The second-order valence-corrected chi connectivity index (χ2v) is 6.94. The number of hydrogen-bond donors (Lipinski definition) is 2. The molecule has 0 saturated carbocycles. The van der Waals surface area contributed by atoms with Gasteiger partial charge in [0.2, 0.25) is 0 Å². The lowest BCUT2D eigenvalue weighted by Gasteiger charge is -2.25. The van der Waals surface area contributed by atoms with Crippen molar-refractivity contribution in [3.05, 3.63) is 48.3 Å². The van der Waals surface area contributed by atoms with Crippen molar-refractivity contribution >= 4 is 22.1 Å². The molecule has 4 aromatic rings. The Balaban J connectivity index is 1.72. The first-order valence-corrected chi connectivity index (χ1v) is 9.03. The number of imidazole rings is 1. The molecule has 0 aliphatic carbocycles. The summed E-state index contributed by atoms with van der Waals surface area (Å²) in [5.41, 5.74) is 3.96. The quantitative estimate of drug-likeness (QED) is 0.576. The van der Waals surface area contributed by atoms with Crippen LogP contribution < -0.4 is 5.32 Å². The second-order valence-electron chi connectivity index (χ2n) is 6.94. The summed E-state index contributed by atoms with van der Waals surface area (Å²) in [6, 6.07) is 7.91. The standard InChI is InChI=1S/C20H20FN5/c1-12-25-19-17(21)9-13(16-11-24-20-15(16)3-2-6-23-20)10-18(19)26(12)14-4-7-22-8-5-14/h2-3,6,9-11,14,22H,4-5,7-8H2,1H3,(H,23,24). The van der Waals surface area contributed by atoms with E-state index in [0.29, 0.717) is 11.6 Å². The average molecular weight is 349 g/mol. The van der Waals surface area contributed by atoms with Crippen molar-refractivity contribution in [2.45, 2.75) is 25.8 Å². The molecule has 2 N–H and O–H groups in total. The molecule has 1 aliphatic rings. The number of aromatic nitrogens is 4. The highest BCUT2D eigenvalue weighted by Gasteiger charge is 2.22. The molecule has 0 unspecified atom stereocenters. The van der Waals surface area contributed by atoms with Gasteiger partial charge in [0.15, 0.2) is 5.82 Å². The third-order valence-corrected chi connectivity index (χ3v) is 5.36. The summed E-state index contributed by atoms with van der Waals surface area (Å²) in [4.78, 5) is 12.0. The van der Waals surface area contributed by atoms with E-state index in [0.717, 1.165) is 59.4 Å². The van der Waals surface area contributed by atoms with Crippen LogP contribution in [0.3, 0.4) is 0 Å². The zero-order valence-corrected chi connectivity index (χ0v) is 14.6. The van der Waals surface area contributed by atoms with Gasteiger partial charge < -0.3 is 14.9 Å². The first-order chi connectivity index (χ1) is 12.7. The minimum atomic E-state index is -0.272. The maximum absolute atomic E-state index is 14.9. The smallest absolute Gasteiger partial charge is 0.151 e. The maximum Gasteiger partial charge on any atom is 0.151 e. The minimum Gasteiger partial charge on any atom is -0.346 e. The fraction of sp³-hybridized carbons (Fsp3) is 0.300. The molecule has 0 radical (unpaired) electrons. The summed E-state index contributed by atoms with van der Waals surface area (Å²) < 4.78 is 17.1. The number of nitrogens with zero attached hydrogens (tertiary/aromatic N) is 3. The van der Waals surface area contributed by atoms with E-state index in [2.05, 4.69) is 30.9 Å². The fourth-order valence-electron chi connectivity index (χ4n) is 4.14. The van der Waals surface area contributed by atoms with Gasteiger partial charge >= 0.3 is 0 Å². The Morgan fingerprint density at radius 2 is 2.08 bits per heavy atom. The van der Waals surface area contributed by atoms with Crippen molar-refractivity contribution in [1.82, 2.24) is 24.8 Å². The van der Waals surface area contributed by atoms with Gasteiger partial charge in [-0.3, -0.25) is 0 Å². The Kier molecular flexibility index (Phi) is 3.53. The predicted octanol–water partition coefficient (Wildman–Crippen LogP) is 3.95. The number of rotatable bonds is 2. The van der Waals surface area contributed by atoms with Crippen molar-refractivity contribution in [2.75, 3.05) is 13.1 Å². The molecule has 1 aliphatic heterocycles. The number of aromatic amines is 1. The Bertz CT molecular complexity index is 1100. The Hall–Kier alpha value is -2.73. The van der Waals surface area contributed by atoms with Gasteiger partial charge in [0.05, 0.1) is 5.52 Å². The molecule has 0 atom stereocenters. The summed E-state index contributed by atoms with van der Waals surface area (Å²) in [5.74, 6) is 0.607. The van der Waals surface area contributed by atoms with E-state index in [-0.39, 0.29) is 5.82 Å². The van der Waals surface area contributed by atoms with Crippen LogP contribution in [-0.4, -0.2) is 32.6 Å². The van der Waals surface area contributed by atoms with Gasteiger partial charge in [0.25, 0.3) is 0 Å². The highest BCUT2D eigenvalue weighted by atomic mass is 19.1. The number of piperidine rings is 1. The molecular formula is C20H20FN5. The van der Waals surface area contributed by atoms with Crippen molar-refractivity contribution in [2.24, 2.45) is 0 Å². The van der Waals surface area contributed by atoms with Crippen LogP contribution >= 0.6 is 0 Å². The van der Waals surface area contributed by atoms with E-state index < -0.39 is 0 Å². The molecule has 5 nitrogen and oxygen atoms in total. The normalized spacial score (nSPS) is 15.9. The van der Waals surface area contributed by atoms with E-state index in [1.54, 1.807) is 12.3 Å². The molecule has 0 bridgehead atoms. The van der Waals surface area contributed by atoms with E-state index in [1.165, 1.54) is 0 Å². The van der Waals surface area contributed by atoms with Gasteiger partial charge in [0.1, 0.15) is 17.0 Å². The number of H-pyrrole nitrogens is 1. The summed E-state index contributed by atoms with van der Waals surface area (Å²) in [6.45, 7) is 3.94. The summed E-state index contributed by atoms with van der Waals surface area (Å²) >= 11 is 0. The van der Waals surface area contributed by atoms with Crippen molar-refractivity contribution in [3.63, 3.8) is 0 Å². The Morgan fingerprint density at radius 3 is 2.92 bits per heavy atom. The maximum atomic E-state index is 14.9. The first kappa shape index (κ1) is 15.5. The molecule has 1 saturated heterocycles. The highest BCUT2D eigenvalue weighted by molar-refractivity contribution is 5.96. The van der Waals surface area contributed by atoms with Gasteiger partial charge in [-0.05, 0) is 62.7 Å². The molecular weight excluding hydrogens is 329 g/mol. The third-order valence-electron chi connectivity index (χ3n) is 5.36. The number of aryl methyl sites for hydroxylation is 1. The average Bonchev–Trinajstić information content (AvgIpc) is 3.23. The molecule has 6 heteroatoms. The minimum absolute atomic E-state index is 0.272. The molecule has 1 aromatic carbocycles.